The first-order chi connectivity index (χ1) is 20.4. The number of esters is 1. The molecular weight excluding hydrogens is 558 g/mol. The summed E-state index contributed by atoms with van der Waals surface area (Å²) in [5.41, 5.74) is 5.69. The van der Waals surface area contributed by atoms with Gasteiger partial charge in [0.05, 0.1) is 33.1 Å². The Balaban J connectivity index is 1.38. The van der Waals surface area contributed by atoms with E-state index in [4.69, 9.17) is 30.5 Å². The van der Waals surface area contributed by atoms with Crippen molar-refractivity contribution in [2.45, 2.75) is 0 Å². The van der Waals surface area contributed by atoms with Gasteiger partial charge in [-0.15, -0.1) is 0 Å². The van der Waals surface area contributed by atoms with Crippen molar-refractivity contribution in [3.05, 3.63) is 107 Å². The van der Waals surface area contributed by atoms with Gasteiger partial charge in [-0.25, -0.2) is 10.2 Å². The minimum atomic E-state index is -0.651. The Labute approximate surface area is 246 Å². The number of nitrogens with zero attached hydrogens (tertiary/aromatic N) is 1. The lowest BCUT2D eigenvalue weighted by Crippen LogP contribution is -2.19. The van der Waals surface area contributed by atoms with E-state index in [2.05, 4.69) is 15.5 Å². The van der Waals surface area contributed by atoms with Gasteiger partial charge in [0.25, 0.3) is 5.91 Å². The molecule has 0 saturated heterocycles. The molecule has 0 spiro atoms. The van der Waals surface area contributed by atoms with Crippen molar-refractivity contribution in [1.82, 2.24) is 10.4 Å². The lowest BCUT2D eigenvalue weighted by atomic mass is 10.0. The Morgan fingerprint density at radius 1 is 0.833 bits per heavy atom. The monoisotopic (exact) mass is 583 g/mol. The number of halogens is 1. The molecule has 10 heteroatoms. The molecule has 1 amide bonds. The lowest BCUT2D eigenvalue weighted by Gasteiger charge is -2.14. The molecule has 5 aromatic rings. The van der Waals surface area contributed by atoms with Crippen LogP contribution in [-0.4, -0.2) is 44.4 Å². The molecule has 212 valence electrons. The molecule has 9 nitrogen and oxygen atoms in total. The van der Waals surface area contributed by atoms with Crippen LogP contribution in [0.25, 0.3) is 22.0 Å². The predicted octanol–water partition coefficient (Wildman–Crippen LogP) is 6.50. The van der Waals surface area contributed by atoms with Gasteiger partial charge in [0.15, 0.2) is 11.5 Å². The maximum absolute atomic E-state index is 13.3. The van der Waals surface area contributed by atoms with Crippen LogP contribution in [0.15, 0.2) is 90.0 Å². The van der Waals surface area contributed by atoms with Gasteiger partial charge in [-0.2, -0.15) is 5.10 Å². The highest BCUT2D eigenvalue weighted by Gasteiger charge is 2.21. The van der Waals surface area contributed by atoms with Crippen molar-refractivity contribution >= 4 is 40.6 Å². The number of rotatable bonds is 9. The Morgan fingerprint density at radius 3 is 2.21 bits per heavy atom. The van der Waals surface area contributed by atoms with Crippen molar-refractivity contribution in [1.29, 1.82) is 0 Å². The van der Waals surface area contributed by atoms with Crippen molar-refractivity contribution < 1.29 is 28.5 Å². The van der Waals surface area contributed by atoms with Crippen molar-refractivity contribution in [2.75, 3.05) is 21.3 Å². The number of para-hydroxylation sites is 2. The van der Waals surface area contributed by atoms with Gasteiger partial charge in [0, 0.05) is 32.6 Å². The van der Waals surface area contributed by atoms with E-state index in [0.29, 0.717) is 39.1 Å². The Morgan fingerprint density at radius 2 is 1.50 bits per heavy atom. The van der Waals surface area contributed by atoms with Crippen LogP contribution in [0.1, 0.15) is 26.4 Å². The molecule has 0 fully saturated rings. The zero-order chi connectivity index (χ0) is 29.6. The van der Waals surface area contributed by atoms with E-state index in [0.717, 1.165) is 16.5 Å². The van der Waals surface area contributed by atoms with Crippen LogP contribution in [0.5, 0.6) is 23.0 Å². The maximum atomic E-state index is 13.3. The van der Waals surface area contributed by atoms with E-state index in [1.807, 2.05) is 42.5 Å². The molecule has 0 saturated carbocycles. The molecule has 0 bridgehead atoms. The molecule has 0 aliphatic heterocycles. The number of benzene rings is 4. The third kappa shape index (κ3) is 5.63. The minimum Gasteiger partial charge on any atom is -0.493 e. The third-order valence-corrected chi connectivity index (χ3v) is 6.80. The smallest absolute Gasteiger partial charge is 0.343 e. The summed E-state index contributed by atoms with van der Waals surface area (Å²) in [5.74, 6) is 0.0963. The molecule has 5 rings (SSSR count). The summed E-state index contributed by atoms with van der Waals surface area (Å²) in [6, 6.07) is 24.7. The summed E-state index contributed by atoms with van der Waals surface area (Å²) < 4.78 is 21.6. The van der Waals surface area contributed by atoms with Gasteiger partial charge in [0.1, 0.15) is 11.4 Å². The van der Waals surface area contributed by atoms with Gasteiger partial charge in [-0.05, 0) is 36.4 Å². The van der Waals surface area contributed by atoms with Gasteiger partial charge >= 0.3 is 5.97 Å². The summed E-state index contributed by atoms with van der Waals surface area (Å²) in [6.45, 7) is 0. The number of methoxy groups -OCH3 is 3. The van der Waals surface area contributed by atoms with Gasteiger partial charge < -0.3 is 23.9 Å². The van der Waals surface area contributed by atoms with Crippen molar-refractivity contribution in [3.8, 4) is 34.1 Å². The zero-order valence-electron chi connectivity index (χ0n) is 22.9. The van der Waals surface area contributed by atoms with Gasteiger partial charge in [0.2, 0.25) is 5.75 Å². The van der Waals surface area contributed by atoms with Crippen LogP contribution in [0, 0.1) is 0 Å². The summed E-state index contributed by atoms with van der Waals surface area (Å²) in [6.07, 6.45) is 1.40. The van der Waals surface area contributed by atoms with Crippen LogP contribution >= 0.6 is 11.6 Å². The topological polar surface area (TPSA) is 111 Å². The molecule has 1 aromatic heterocycles. The number of nitrogens with one attached hydrogen (secondary N) is 2. The number of amides is 1. The lowest BCUT2D eigenvalue weighted by molar-refractivity contribution is 0.0733. The number of fused-ring (bicyclic) bond motifs is 1. The number of ether oxygens (including phenoxy) is 4. The van der Waals surface area contributed by atoms with E-state index in [9.17, 15) is 9.59 Å². The molecule has 0 aliphatic rings. The second-order valence-corrected chi connectivity index (χ2v) is 9.35. The van der Waals surface area contributed by atoms with Crippen LogP contribution < -0.4 is 24.4 Å². The standard InChI is InChI=1S/C32H26ClN3O6/c1-39-26-16-20(17-27(40-2)30(26)41-3)32(38)42-25-15-9-4-10-19(25)18-34-36-31(37)29-28(21-11-5-7-13-23(21)33)22-12-6-8-14-24(22)35-29/h4-18,35H,1-3H3,(H,36,37). The number of hydrogen-bond donors (Lipinski definition) is 2. The largest absolute Gasteiger partial charge is 0.493 e. The van der Waals surface area contributed by atoms with Gasteiger partial charge in [-0.3, -0.25) is 4.79 Å². The number of aromatic amines is 1. The molecule has 2 N–H and O–H groups in total. The average Bonchev–Trinajstić information content (AvgIpc) is 3.40. The van der Waals surface area contributed by atoms with E-state index < -0.39 is 11.9 Å². The van der Waals surface area contributed by atoms with Crippen LogP contribution in [0.4, 0.5) is 0 Å². The number of carbonyl (C=O) groups is 2. The Hall–Kier alpha value is -5.28. The first-order valence-corrected chi connectivity index (χ1v) is 13.1. The number of hydrogen-bond acceptors (Lipinski definition) is 7. The van der Waals surface area contributed by atoms with Crippen LogP contribution in [0.3, 0.4) is 0 Å². The second kappa shape index (κ2) is 12.5. The maximum Gasteiger partial charge on any atom is 0.343 e. The molecule has 0 radical (unpaired) electrons. The number of hydrazone groups is 1. The van der Waals surface area contributed by atoms with Crippen molar-refractivity contribution in [2.24, 2.45) is 5.10 Å². The second-order valence-electron chi connectivity index (χ2n) is 8.94. The van der Waals surface area contributed by atoms with Crippen molar-refractivity contribution in [3.63, 3.8) is 0 Å². The number of carbonyl (C=O) groups excluding carboxylic acids is 2. The first kappa shape index (κ1) is 28.3. The SMILES string of the molecule is COc1cc(C(=O)Oc2ccccc2C=NNC(=O)c2[nH]c3ccccc3c2-c2ccccc2Cl)cc(OC)c1OC. The fraction of sp³-hybridized carbons (Fsp3) is 0.0938. The molecule has 42 heavy (non-hydrogen) atoms. The first-order valence-electron chi connectivity index (χ1n) is 12.7. The fourth-order valence-electron chi connectivity index (χ4n) is 4.51. The molecular formula is C32H26ClN3O6. The van der Waals surface area contributed by atoms with E-state index in [-0.39, 0.29) is 11.3 Å². The Kier molecular flexibility index (Phi) is 8.40. The van der Waals surface area contributed by atoms with E-state index in [1.165, 1.54) is 39.7 Å². The molecule has 0 unspecified atom stereocenters. The summed E-state index contributed by atoms with van der Waals surface area (Å²) in [7, 11) is 4.39. The quantitative estimate of drug-likeness (QED) is 0.0887. The fourth-order valence-corrected chi connectivity index (χ4v) is 4.74. The normalized spacial score (nSPS) is 11.0. The Bertz CT molecular complexity index is 1790. The molecule has 1 heterocycles. The van der Waals surface area contributed by atoms with E-state index in [1.54, 1.807) is 30.3 Å². The molecule has 0 atom stereocenters. The van der Waals surface area contributed by atoms with Crippen LogP contribution in [0.2, 0.25) is 5.02 Å². The predicted molar refractivity (Wildman–Crippen MR) is 161 cm³/mol. The third-order valence-electron chi connectivity index (χ3n) is 6.47. The number of aromatic nitrogens is 1. The zero-order valence-corrected chi connectivity index (χ0v) is 23.7. The summed E-state index contributed by atoms with van der Waals surface area (Å²) in [4.78, 5) is 29.5. The van der Waals surface area contributed by atoms with Crippen LogP contribution in [-0.2, 0) is 0 Å². The summed E-state index contributed by atoms with van der Waals surface area (Å²) in [5, 5.41) is 5.51. The average molecular weight is 584 g/mol. The minimum absolute atomic E-state index is 0.190. The highest BCUT2D eigenvalue weighted by molar-refractivity contribution is 6.34. The highest BCUT2D eigenvalue weighted by atomic mass is 35.5. The molecule has 0 aliphatic carbocycles. The van der Waals surface area contributed by atoms with Gasteiger partial charge in [-0.1, -0.05) is 60.1 Å². The molecule has 4 aromatic carbocycles. The highest BCUT2D eigenvalue weighted by Crippen LogP contribution is 2.39. The number of H-pyrrole nitrogens is 1. The van der Waals surface area contributed by atoms with E-state index >= 15 is 0 Å². The summed E-state index contributed by atoms with van der Waals surface area (Å²) >= 11 is 6.49.